The fourth-order valence-electron chi connectivity index (χ4n) is 2.15. The zero-order valence-electron chi connectivity index (χ0n) is 12.8. The summed E-state index contributed by atoms with van der Waals surface area (Å²) in [5, 5.41) is 0.660. The molecular weight excluding hydrogens is 339 g/mol. The van der Waals surface area contributed by atoms with Gasteiger partial charge in [-0.1, -0.05) is 0 Å². The second kappa shape index (κ2) is 6.47. The molecule has 0 bridgehead atoms. The highest BCUT2D eigenvalue weighted by Crippen LogP contribution is 2.39. The Labute approximate surface area is 141 Å². The van der Waals surface area contributed by atoms with Crippen molar-refractivity contribution < 1.29 is 22.7 Å². The Morgan fingerprint density at radius 1 is 1.17 bits per heavy atom. The van der Waals surface area contributed by atoms with Crippen LogP contribution < -0.4 is 4.74 Å². The number of benzene rings is 1. The van der Waals surface area contributed by atoms with Crippen LogP contribution in [-0.2, 0) is 6.18 Å². The van der Waals surface area contributed by atoms with Crippen LogP contribution in [0.5, 0.6) is 5.88 Å². The lowest BCUT2D eigenvalue weighted by Gasteiger charge is -2.11. The van der Waals surface area contributed by atoms with E-state index in [-0.39, 0.29) is 5.69 Å². The van der Waals surface area contributed by atoms with Gasteiger partial charge in [0.05, 0.1) is 7.11 Å². The van der Waals surface area contributed by atoms with Gasteiger partial charge in [-0.3, -0.25) is 4.79 Å². The van der Waals surface area contributed by atoms with Gasteiger partial charge in [-0.2, -0.15) is 13.2 Å². The Balaban J connectivity index is 1.83. The maximum absolute atomic E-state index is 12.8. The average molecular weight is 353 g/mol. The van der Waals surface area contributed by atoms with Crippen LogP contribution in [0.3, 0.4) is 0 Å². The summed E-state index contributed by atoms with van der Waals surface area (Å²) in [5.41, 5.74) is -0.704. The summed E-state index contributed by atoms with van der Waals surface area (Å²) >= 11 is 1.76. The summed E-state index contributed by atoms with van der Waals surface area (Å²) in [7, 11) is 1.09. The predicted octanol–water partition coefficient (Wildman–Crippen LogP) is 4.59. The van der Waals surface area contributed by atoms with Crippen molar-refractivity contribution >= 4 is 17.5 Å². The van der Waals surface area contributed by atoms with E-state index in [1.807, 2.05) is 12.1 Å². The number of ether oxygens (including phenoxy) is 1. The molecule has 0 atom stereocenters. The first-order valence-electron chi connectivity index (χ1n) is 7.32. The number of nitrogens with zero attached hydrogens (tertiary/aromatic N) is 1. The van der Waals surface area contributed by atoms with Crippen molar-refractivity contribution in [3.63, 3.8) is 0 Å². The Morgan fingerprint density at radius 2 is 1.83 bits per heavy atom. The monoisotopic (exact) mass is 353 g/mol. The van der Waals surface area contributed by atoms with Crippen LogP contribution in [0.2, 0.25) is 0 Å². The highest BCUT2D eigenvalue weighted by Gasteiger charge is 2.35. The van der Waals surface area contributed by atoms with E-state index in [2.05, 4.69) is 9.72 Å². The lowest BCUT2D eigenvalue weighted by molar-refractivity contribution is -0.139. The largest absolute Gasteiger partial charge is 0.481 e. The maximum atomic E-state index is 12.8. The van der Waals surface area contributed by atoms with Crippen molar-refractivity contribution in [2.24, 2.45) is 0 Å². The number of methoxy groups -OCH3 is 1. The second-order valence-electron chi connectivity index (χ2n) is 5.42. The number of carbonyl (C=O) groups is 1. The number of ketones is 1. The molecule has 1 aromatic carbocycles. The van der Waals surface area contributed by atoms with Gasteiger partial charge >= 0.3 is 6.18 Å². The number of alkyl halides is 3. The van der Waals surface area contributed by atoms with Gasteiger partial charge in [-0.05, 0) is 49.2 Å². The van der Waals surface area contributed by atoms with Crippen molar-refractivity contribution in [2.75, 3.05) is 7.11 Å². The summed E-state index contributed by atoms with van der Waals surface area (Å²) in [6, 6.07) is 8.91. The molecule has 3 rings (SSSR count). The number of pyridine rings is 1. The van der Waals surface area contributed by atoms with E-state index in [4.69, 9.17) is 0 Å². The molecule has 0 saturated heterocycles. The zero-order chi connectivity index (χ0) is 17.3. The fraction of sp³-hybridized carbons (Fsp3) is 0.294. The molecule has 1 aromatic heterocycles. The highest BCUT2D eigenvalue weighted by molar-refractivity contribution is 8.00. The molecule has 24 heavy (non-hydrogen) atoms. The van der Waals surface area contributed by atoms with Crippen molar-refractivity contribution in [3.05, 3.63) is 53.2 Å². The molecule has 126 valence electrons. The van der Waals surface area contributed by atoms with E-state index >= 15 is 0 Å². The van der Waals surface area contributed by atoms with Crippen LogP contribution in [0.4, 0.5) is 13.2 Å². The van der Waals surface area contributed by atoms with Crippen molar-refractivity contribution in [1.29, 1.82) is 0 Å². The van der Waals surface area contributed by atoms with Gasteiger partial charge in [0.2, 0.25) is 11.7 Å². The Morgan fingerprint density at radius 3 is 2.38 bits per heavy atom. The predicted molar refractivity (Wildman–Crippen MR) is 84.5 cm³/mol. The molecular formula is C17H14F3NO2S. The molecule has 1 fully saturated rings. The smallest absolute Gasteiger partial charge is 0.421 e. The SMILES string of the molecule is COc1nc(C(=O)c2ccc(SC3CC3)cc2)ccc1C(F)(F)F. The third kappa shape index (κ3) is 3.72. The van der Waals surface area contributed by atoms with Crippen molar-refractivity contribution in [2.45, 2.75) is 29.2 Å². The second-order valence-corrected chi connectivity index (χ2v) is 6.80. The van der Waals surface area contributed by atoms with Gasteiger partial charge < -0.3 is 4.74 Å². The van der Waals surface area contributed by atoms with Crippen LogP contribution in [-0.4, -0.2) is 23.1 Å². The van der Waals surface area contributed by atoms with E-state index in [0.717, 1.165) is 24.1 Å². The normalized spacial score (nSPS) is 14.5. The third-order valence-corrected chi connectivity index (χ3v) is 4.88. The molecule has 0 spiro atoms. The van der Waals surface area contributed by atoms with Crippen LogP contribution in [0.25, 0.3) is 0 Å². The lowest BCUT2D eigenvalue weighted by Crippen LogP contribution is -2.12. The quantitative estimate of drug-likeness (QED) is 0.737. The minimum absolute atomic E-state index is 0.0811. The van der Waals surface area contributed by atoms with Gasteiger partial charge in [0, 0.05) is 15.7 Å². The first-order chi connectivity index (χ1) is 11.4. The Hall–Kier alpha value is -2.02. The standard InChI is InChI=1S/C17H14F3NO2S/c1-23-16-13(17(18,19)20)8-9-14(21-16)15(22)10-2-4-11(5-3-10)24-12-6-7-12/h2-5,8-9,12H,6-7H2,1H3. The van der Waals surface area contributed by atoms with E-state index in [1.54, 1.807) is 23.9 Å². The first kappa shape index (κ1) is 16.8. The molecule has 0 N–H and O–H groups in total. The van der Waals surface area contributed by atoms with Gasteiger partial charge in [0.15, 0.2) is 0 Å². The molecule has 1 saturated carbocycles. The van der Waals surface area contributed by atoms with Gasteiger partial charge in [-0.15, -0.1) is 11.8 Å². The molecule has 0 aliphatic heterocycles. The van der Waals surface area contributed by atoms with Crippen LogP contribution in [0.15, 0.2) is 41.3 Å². The number of thioether (sulfide) groups is 1. The molecule has 0 amide bonds. The summed E-state index contributed by atoms with van der Waals surface area (Å²) in [5.74, 6) is -1.04. The Bertz CT molecular complexity index is 755. The van der Waals surface area contributed by atoms with Crippen molar-refractivity contribution in [3.8, 4) is 5.88 Å². The van der Waals surface area contributed by atoms with Gasteiger partial charge in [-0.25, -0.2) is 4.98 Å². The lowest BCUT2D eigenvalue weighted by atomic mass is 10.1. The molecule has 2 aromatic rings. The molecule has 0 unspecified atom stereocenters. The van der Waals surface area contributed by atoms with E-state index in [1.165, 1.54) is 12.8 Å². The maximum Gasteiger partial charge on any atom is 0.421 e. The Kier molecular flexibility index (Phi) is 4.54. The number of aromatic nitrogens is 1. The van der Waals surface area contributed by atoms with Crippen LogP contribution in [0, 0.1) is 0 Å². The minimum Gasteiger partial charge on any atom is -0.481 e. The summed E-state index contributed by atoms with van der Waals surface area (Å²) in [6.45, 7) is 0. The van der Waals surface area contributed by atoms with Gasteiger partial charge in [0.1, 0.15) is 11.3 Å². The summed E-state index contributed by atoms with van der Waals surface area (Å²) < 4.78 is 43.2. The first-order valence-corrected chi connectivity index (χ1v) is 8.20. The molecule has 0 radical (unpaired) electrons. The average Bonchev–Trinajstić information content (AvgIpc) is 3.37. The fourth-order valence-corrected chi connectivity index (χ4v) is 3.20. The zero-order valence-corrected chi connectivity index (χ0v) is 13.6. The third-order valence-electron chi connectivity index (χ3n) is 3.54. The number of hydrogen-bond donors (Lipinski definition) is 0. The van der Waals surface area contributed by atoms with E-state index in [9.17, 15) is 18.0 Å². The number of halogens is 3. The van der Waals surface area contributed by atoms with Crippen molar-refractivity contribution in [1.82, 2.24) is 4.98 Å². The molecule has 7 heteroatoms. The van der Waals surface area contributed by atoms with Gasteiger partial charge in [0.25, 0.3) is 0 Å². The molecule has 1 aliphatic carbocycles. The number of rotatable bonds is 5. The van der Waals surface area contributed by atoms with E-state index < -0.39 is 23.4 Å². The molecule has 1 aliphatic rings. The molecule has 3 nitrogen and oxygen atoms in total. The highest BCUT2D eigenvalue weighted by atomic mass is 32.2. The van der Waals surface area contributed by atoms with E-state index in [0.29, 0.717) is 10.8 Å². The number of hydrogen-bond acceptors (Lipinski definition) is 4. The summed E-state index contributed by atoms with van der Waals surface area (Å²) in [4.78, 5) is 17.2. The summed E-state index contributed by atoms with van der Waals surface area (Å²) in [6.07, 6.45) is -2.16. The topological polar surface area (TPSA) is 39.2 Å². The minimum atomic E-state index is -4.58. The molecule has 1 heterocycles. The van der Waals surface area contributed by atoms with Crippen LogP contribution in [0.1, 0.15) is 34.5 Å². The van der Waals surface area contributed by atoms with Crippen LogP contribution >= 0.6 is 11.8 Å². The number of carbonyl (C=O) groups excluding carboxylic acids is 1.